The Morgan fingerprint density at radius 1 is 1.15 bits per heavy atom. The number of alkyl halides is 1. The number of carbonyl (C=O) groups excluding carboxylic acids is 2. The number of carbonyl (C=O) groups is 2. The Hall–Kier alpha value is -1.91. The molecule has 1 aliphatic rings. The maximum absolute atomic E-state index is 12.8. The van der Waals surface area contributed by atoms with E-state index < -0.39 is 17.8 Å². The minimum absolute atomic E-state index is 0.0817. The molecule has 1 aromatic carbocycles. The maximum Gasteiger partial charge on any atom is 0.253 e. The van der Waals surface area contributed by atoms with Crippen LogP contribution in [0, 0.1) is 0 Å². The smallest absolute Gasteiger partial charge is 0.253 e. The predicted molar refractivity (Wildman–Crippen MR) is 73.7 cm³/mol. The molecule has 1 N–H and O–H groups in total. The van der Waals surface area contributed by atoms with E-state index in [1.165, 1.54) is 4.90 Å². The molecule has 1 heterocycles. The monoisotopic (exact) mass is 278 g/mol. The number of rotatable bonds is 3. The molecule has 1 fully saturated rings. The molecule has 0 bridgehead atoms. The third kappa shape index (κ3) is 2.07. The molecule has 5 heteroatoms. The summed E-state index contributed by atoms with van der Waals surface area (Å²) in [5.41, 5.74) is -1.50. The highest BCUT2D eigenvalue weighted by atomic mass is 19.1. The lowest BCUT2D eigenvalue weighted by Gasteiger charge is -2.48. The summed E-state index contributed by atoms with van der Waals surface area (Å²) in [4.78, 5) is 26.4. The van der Waals surface area contributed by atoms with Gasteiger partial charge in [-0.1, -0.05) is 30.3 Å². The first-order chi connectivity index (χ1) is 9.34. The van der Waals surface area contributed by atoms with Crippen molar-refractivity contribution in [2.75, 3.05) is 13.2 Å². The molecular formula is C15H19FN2O2. The van der Waals surface area contributed by atoms with Crippen molar-refractivity contribution in [2.45, 2.75) is 31.8 Å². The van der Waals surface area contributed by atoms with Crippen molar-refractivity contribution >= 4 is 11.8 Å². The first kappa shape index (κ1) is 14.5. The van der Waals surface area contributed by atoms with Crippen molar-refractivity contribution in [3.63, 3.8) is 0 Å². The molecule has 2 rings (SSSR count). The lowest BCUT2D eigenvalue weighted by atomic mass is 9.83. The van der Waals surface area contributed by atoms with Crippen LogP contribution in [-0.4, -0.2) is 35.5 Å². The van der Waals surface area contributed by atoms with Crippen LogP contribution in [0.25, 0.3) is 0 Å². The summed E-state index contributed by atoms with van der Waals surface area (Å²) < 4.78 is 12.8. The Bertz CT molecular complexity index is 530. The minimum Gasteiger partial charge on any atom is -0.336 e. The van der Waals surface area contributed by atoms with Crippen LogP contribution in [-0.2, 0) is 15.1 Å². The molecule has 4 nitrogen and oxygen atoms in total. The van der Waals surface area contributed by atoms with E-state index in [0.29, 0.717) is 5.56 Å². The van der Waals surface area contributed by atoms with Crippen LogP contribution in [0.5, 0.6) is 0 Å². The number of hydrogen-bond acceptors (Lipinski definition) is 2. The zero-order valence-corrected chi connectivity index (χ0v) is 11.9. The van der Waals surface area contributed by atoms with Gasteiger partial charge in [0.25, 0.3) is 5.91 Å². The van der Waals surface area contributed by atoms with Crippen molar-refractivity contribution in [1.82, 2.24) is 10.2 Å². The summed E-state index contributed by atoms with van der Waals surface area (Å²) in [5.74, 6) is -0.567. The van der Waals surface area contributed by atoms with Gasteiger partial charge in [0.2, 0.25) is 5.91 Å². The lowest BCUT2D eigenvalue weighted by molar-refractivity contribution is -0.161. The highest BCUT2D eigenvalue weighted by Gasteiger charge is 2.52. The Balaban J connectivity index is 2.47. The second-order valence-electron chi connectivity index (χ2n) is 5.65. The van der Waals surface area contributed by atoms with Gasteiger partial charge in [0.15, 0.2) is 0 Å². The van der Waals surface area contributed by atoms with Crippen LogP contribution in [0.4, 0.5) is 4.39 Å². The third-order valence-corrected chi connectivity index (χ3v) is 3.93. The van der Waals surface area contributed by atoms with E-state index in [1.54, 1.807) is 45.0 Å². The second kappa shape index (κ2) is 4.89. The van der Waals surface area contributed by atoms with Gasteiger partial charge in [-0.05, 0) is 26.3 Å². The van der Waals surface area contributed by atoms with E-state index >= 15 is 0 Å². The molecular weight excluding hydrogens is 259 g/mol. The van der Waals surface area contributed by atoms with E-state index in [1.807, 2.05) is 6.07 Å². The molecule has 1 unspecified atom stereocenters. The standard InChI is InChI=1S/C15H19FN2O2/c1-14(2)12(19)17-15(3,11-7-5-4-6-8-11)13(20)18(14)10-9-16/h4-8H,9-10H2,1-3H3,(H,17,19). The molecule has 1 saturated heterocycles. The van der Waals surface area contributed by atoms with Crippen molar-refractivity contribution < 1.29 is 14.0 Å². The molecule has 2 amide bonds. The molecule has 0 spiro atoms. The van der Waals surface area contributed by atoms with E-state index in [4.69, 9.17) is 0 Å². The van der Waals surface area contributed by atoms with Crippen molar-refractivity contribution in [1.29, 1.82) is 0 Å². The largest absolute Gasteiger partial charge is 0.336 e. The summed E-state index contributed by atoms with van der Waals surface area (Å²) in [6.45, 7) is 4.15. The molecule has 0 radical (unpaired) electrons. The van der Waals surface area contributed by atoms with Crippen LogP contribution in [0.1, 0.15) is 26.3 Å². The van der Waals surface area contributed by atoms with Gasteiger partial charge in [0.05, 0.1) is 6.54 Å². The molecule has 1 aliphatic heterocycles. The zero-order chi connectivity index (χ0) is 15.0. The van der Waals surface area contributed by atoms with Crippen molar-refractivity contribution in [2.24, 2.45) is 0 Å². The number of piperazine rings is 1. The highest BCUT2D eigenvalue weighted by molar-refractivity contribution is 6.02. The topological polar surface area (TPSA) is 49.4 Å². The van der Waals surface area contributed by atoms with Gasteiger partial charge in [-0.15, -0.1) is 0 Å². The van der Waals surface area contributed by atoms with Crippen LogP contribution in [0.15, 0.2) is 30.3 Å². The summed E-state index contributed by atoms with van der Waals surface area (Å²) >= 11 is 0. The summed E-state index contributed by atoms with van der Waals surface area (Å²) in [6.07, 6.45) is 0. The molecule has 108 valence electrons. The molecule has 0 saturated carbocycles. The predicted octanol–water partition coefficient (Wildman–Crippen LogP) is 1.61. The van der Waals surface area contributed by atoms with Gasteiger partial charge in [-0.3, -0.25) is 9.59 Å². The third-order valence-electron chi connectivity index (χ3n) is 3.93. The SMILES string of the molecule is CC1(c2ccccc2)NC(=O)C(C)(C)N(CCF)C1=O. The highest BCUT2D eigenvalue weighted by Crippen LogP contribution is 2.32. The number of nitrogens with one attached hydrogen (secondary N) is 1. The molecule has 20 heavy (non-hydrogen) atoms. The van der Waals surface area contributed by atoms with Gasteiger partial charge < -0.3 is 10.2 Å². The van der Waals surface area contributed by atoms with Gasteiger partial charge in [-0.2, -0.15) is 0 Å². The fraction of sp³-hybridized carbons (Fsp3) is 0.467. The molecule has 1 atom stereocenters. The Labute approximate surface area is 118 Å². The molecule has 1 aromatic rings. The van der Waals surface area contributed by atoms with Gasteiger partial charge in [0.1, 0.15) is 17.8 Å². The lowest BCUT2D eigenvalue weighted by Crippen LogP contribution is -2.72. The number of amides is 2. The second-order valence-corrected chi connectivity index (χ2v) is 5.65. The summed E-state index contributed by atoms with van der Waals surface area (Å²) in [6, 6.07) is 9.01. The Kier molecular flexibility index (Phi) is 3.54. The van der Waals surface area contributed by atoms with Crippen LogP contribution >= 0.6 is 0 Å². The molecule has 0 aliphatic carbocycles. The normalized spacial score (nSPS) is 25.5. The Morgan fingerprint density at radius 2 is 1.75 bits per heavy atom. The average Bonchev–Trinajstić information content (AvgIpc) is 2.43. The van der Waals surface area contributed by atoms with E-state index in [-0.39, 0.29) is 18.4 Å². The van der Waals surface area contributed by atoms with Crippen LogP contribution in [0.2, 0.25) is 0 Å². The maximum atomic E-state index is 12.8. The van der Waals surface area contributed by atoms with E-state index in [2.05, 4.69) is 5.32 Å². The van der Waals surface area contributed by atoms with E-state index in [9.17, 15) is 14.0 Å². The van der Waals surface area contributed by atoms with Crippen LogP contribution < -0.4 is 5.32 Å². The van der Waals surface area contributed by atoms with E-state index in [0.717, 1.165) is 0 Å². The fourth-order valence-corrected chi connectivity index (χ4v) is 2.51. The van der Waals surface area contributed by atoms with Crippen molar-refractivity contribution in [3.05, 3.63) is 35.9 Å². The zero-order valence-electron chi connectivity index (χ0n) is 11.9. The van der Waals surface area contributed by atoms with Crippen molar-refractivity contribution in [3.8, 4) is 0 Å². The number of nitrogens with zero attached hydrogens (tertiary/aromatic N) is 1. The summed E-state index contributed by atoms with van der Waals surface area (Å²) in [5, 5.41) is 2.78. The fourth-order valence-electron chi connectivity index (χ4n) is 2.51. The number of benzene rings is 1. The number of halogens is 1. The minimum atomic E-state index is -1.15. The average molecular weight is 278 g/mol. The molecule has 0 aromatic heterocycles. The van der Waals surface area contributed by atoms with Gasteiger partial charge in [-0.25, -0.2) is 4.39 Å². The van der Waals surface area contributed by atoms with Gasteiger partial charge >= 0.3 is 0 Å². The summed E-state index contributed by atoms with van der Waals surface area (Å²) in [7, 11) is 0. The first-order valence-corrected chi connectivity index (χ1v) is 6.60. The quantitative estimate of drug-likeness (QED) is 0.913. The first-order valence-electron chi connectivity index (χ1n) is 6.60. The number of hydrogen-bond donors (Lipinski definition) is 1. The van der Waals surface area contributed by atoms with Crippen LogP contribution in [0.3, 0.4) is 0 Å². The van der Waals surface area contributed by atoms with Gasteiger partial charge in [0, 0.05) is 0 Å². The Morgan fingerprint density at radius 3 is 2.30 bits per heavy atom.